The minimum absolute atomic E-state index is 0.173. The van der Waals surface area contributed by atoms with E-state index >= 15 is 0 Å². The van der Waals surface area contributed by atoms with E-state index in [1.807, 2.05) is 11.6 Å². The molecule has 2 aromatic carbocycles. The molecule has 0 saturated heterocycles. The number of halogens is 1. The number of thiazole rings is 1. The Morgan fingerprint density at radius 2 is 1.91 bits per heavy atom. The lowest BCUT2D eigenvalue weighted by molar-refractivity contribution is -0.117. The van der Waals surface area contributed by atoms with Crippen LogP contribution in [0.2, 0.25) is 0 Å². The van der Waals surface area contributed by atoms with E-state index in [1.54, 1.807) is 12.1 Å². The minimum atomic E-state index is -0.306. The zero-order chi connectivity index (χ0) is 16.6. The van der Waals surface area contributed by atoms with E-state index < -0.39 is 0 Å². The molecule has 1 aromatic heterocycles. The number of carbonyl (C=O) groups excluding carboxylic acids is 1. The maximum Gasteiger partial charge on any atom is 0.252 e. The van der Waals surface area contributed by atoms with Gasteiger partial charge in [0.05, 0.1) is 16.6 Å². The van der Waals surface area contributed by atoms with Crippen molar-refractivity contribution in [3.8, 4) is 0 Å². The zero-order valence-electron chi connectivity index (χ0n) is 13.3. The lowest BCUT2D eigenvalue weighted by Gasteiger charge is -2.00. The number of amides is 1. The van der Waals surface area contributed by atoms with Crippen LogP contribution in [0.25, 0.3) is 10.2 Å². The quantitative estimate of drug-likeness (QED) is 0.707. The lowest BCUT2D eigenvalue weighted by atomic mass is 10.1. The van der Waals surface area contributed by atoms with Crippen molar-refractivity contribution >= 4 is 27.5 Å². The molecule has 0 aliphatic heterocycles. The molecule has 118 valence electrons. The molecule has 0 aliphatic rings. The van der Waals surface area contributed by atoms with Crippen LogP contribution in [0.3, 0.4) is 0 Å². The summed E-state index contributed by atoms with van der Waals surface area (Å²) in [5, 5.41) is 0. The fraction of sp³-hybridized carbons (Fsp3) is 0.222. The first-order valence-corrected chi connectivity index (χ1v) is 8.14. The van der Waals surface area contributed by atoms with E-state index in [9.17, 15) is 9.18 Å². The Kier molecular flexibility index (Phi) is 4.13. The predicted molar refractivity (Wildman–Crippen MR) is 90.9 cm³/mol. The van der Waals surface area contributed by atoms with Gasteiger partial charge in [-0.3, -0.25) is 4.79 Å². The second-order valence-corrected chi connectivity index (χ2v) is 6.66. The summed E-state index contributed by atoms with van der Waals surface area (Å²) in [5.74, 6) is -0.534. The Balaban J connectivity index is 1.97. The van der Waals surface area contributed by atoms with E-state index in [0.717, 1.165) is 15.8 Å². The van der Waals surface area contributed by atoms with Crippen LogP contribution in [0, 0.1) is 19.7 Å². The van der Waals surface area contributed by atoms with E-state index in [2.05, 4.69) is 31.0 Å². The Morgan fingerprint density at radius 1 is 1.22 bits per heavy atom. The van der Waals surface area contributed by atoms with Crippen LogP contribution >= 0.6 is 11.3 Å². The standard InChI is InChI=1S/C18H17FN2OS/c1-11-8-12(2)17-15(9-11)21(3)18(23-17)20-16(22)10-13-4-6-14(19)7-5-13/h4-9H,10H2,1-3H3. The SMILES string of the molecule is Cc1cc(C)c2sc(=NC(=O)Cc3ccc(F)cc3)n(C)c2c1. The van der Waals surface area contributed by atoms with E-state index in [-0.39, 0.29) is 18.1 Å². The average Bonchev–Trinajstić information content (AvgIpc) is 2.79. The number of fused-ring (bicyclic) bond motifs is 1. The Morgan fingerprint density at radius 3 is 2.61 bits per heavy atom. The maximum absolute atomic E-state index is 12.9. The van der Waals surface area contributed by atoms with Gasteiger partial charge in [0.1, 0.15) is 5.82 Å². The summed E-state index contributed by atoms with van der Waals surface area (Å²) in [7, 11) is 1.92. The van der Waals surface area contributed by atoms with Crippen molar-refractivity contribution in [3.63, 3.8) is 0 Å². The van der Waals surface area contributed by atoms with Gasteiger partial charge in [0.25, 0.3) is 5.91 Å². The summed E-state index contributed by atoms with van der Waals surface area (Å²) in [4.78, 5) is 17.1. The van der Waals surface area contributed by atoms with Gasteiger partial charge < -0.3 is 4.57 Å². The van der Waals surface area contributed by atoms with Gasteiger partial charge in [0, 0.05) is 7.05 Å². The van der Waals surface area contributed by atoms with Crippen molar-refractivity contribution < 1.29 is 9.18 Å². The molecule has 0 bridgehead atoms. The molecule has 3 rings (SSSR count). The third-order valence-corrected chi connectivity index (χ3v) is 5.01. The molecular weight excluding hydrogens is 311 g/mol. The van der Waals surface area contributed by atoms with Gasteiger partial charge in [-0.15, -0.1) is 0 Å². The molecular formula is C18H17FN2OS. The van der Waals surface area contributed by atoms with Crippen molar-refractivity contribution in [1.82, 2.24) is 4.57 Å². The number of aryl methyl sites for hydroxylation is 3. The van der Waals surface area contributed by atoms with E-state index in [0.29, 0.717) is 4.80 Å². The molecule has 1 heterocycles. The van der Waals surface area contributed by atoms with E-state index in [1.165, 1.54) is 34.6 Å². The highest BCUT2D eigenvalue weighted by Crippen LogP contribution is 2.22. The summed E-state index contributed by atoms with van der Waals surface area (Å²) in [6.45, 7) is 4.12. The Bertz CT molecular complexity index is 952. The number of benzene rings is 2. The summed E-state index contributed by atoms with van der Waals surface area (Å²) in [5.41, 5.74) is 4.22. The first kappa shape index (κ1) is 15.6. The number of hydrogen-bond acceptors (Lipinski definition) is 2. The molecule has 0 aliphatic carbocycles. The third kappa shape index (κ3) is 3.24. The normalized spacial score (nSPS) is 12.1. The number of nitrogens with zero attached hydrogens (tertiary/aromatic N) is 2. The van der Waals surface area contributed by atoms with Crippen LogP contribution in [0.5, 0.6) is 0 Å². The highest BCUT2D eigenvalue weighted by atomic mass is 32.1. The monoisotopic (exact) mass is 328 g/mol. The number of aromatic nitrogens is 1. The molecule has 0 saturated carbocycles. The lowest BCUT2D eigenvalue weighted by Crippen LogP contribution is -2.14. The molecule has 3 aromatic rings. The molecule has 0 radical (unpaired) electrons. The van der Waals surface area contributed by atoms with Gasteiger partial charge in [0.2, 0.25) is 0 Å². The van der Waals surface area contributed by atoms with Gasteiger partial charge in [-0.05, 0) is 48.7 Å². The topological polar surface area (TPSA) is 34.4 Å². The summed E-state index contributed by atoms with van der Waals surface area (Å²) in [6, 6.07) is 10.2. The van der Waals surface area contributed by atoms with Crippen molar-refractivity contribution in [2.75, 3.05) is 0 Å². The highest BCUT2D eigenvalue weighted by molar-refractivity contribution is 7.16. The Hall–Kier alpha value is -2.27. The van der Waals surface area contributed by atoms with E-state index in [4.69, 9.17) is 0 Å². The smallest absolute Gasteiger partial charge is 0.252 e. The molecule has 1 amide bonds. The second kappa shape index (κ2) is 6.08. The van der Waals surface area contributed by atoms with Gasteiger partial charge in [-0.1, -0.05) is 29.5 Å². The molecule has 0 spiro atoms. The first-order chi connectivity index (χ1) is 10.9. The molecule has 0 atom stereocenters. The second-order valence-electron chi connectivity index (χ2n) is 5.68. The predicted octanol–water partition coefficient (Wildman–Crippen LogP) is 3.67. The zero-order valence-corrected chi connectivity index (χ0v) is 14.1. The van der Waals surface area contributed by atoms with Crippen molar-refractivity contribution in [3.05, 3.63) is 63.7 Å². The van der Waals surface area contributed by atoms with Crippen molar-refractivity contribution in [2.45, 2.75) is 20.3 Å². The van der Waals surface area contributed by atoms with Gasteiger partial charge >= 0.3 is 0 Å². The fourth-order valence-electron chi connectivity index (χ4n) is 2.60. The molecule has 0 N–H and O–H groups in total. The maximum atomic E-state index is 12.9. The Labute approximate surface area is 137 Å². The largest absolute Gasteiger partial charge is 0.319 e. The highest BCUT2D eigenvalue weighted by Gasteiger charge is 2.08. The van der Waals surface area contributed by atoms with Crippen LogP contribution in [0.15, 0.2) is 41.4 Å². The number of rotatable bonds is 2. The molecule has 3 nitrogen and oxygen atoms in total. The molecule has 23 heavy (non-hydrogen) atoms. The molecule has 0 fully saturated rings. The van der Waals surface area contributed by atoms with Crippen LogP contribution < -0.4 is 4.80 Å². The summed E-state index contributed by atoms with van der Waals surface area (Å²) in [6.07, 6.45) is 0.173. The van der Waals surface area contributed by atoms with Crippen molar-refractivity contribution in [2.24, 2.45) is 12.0 Å². The number of hydrogen-bond donors (Lipinski definition) is 0. The van der Waals surface area contributed by atoms with Gasteiger partial charge in [-0.25, -0.2) is 4.39 Å². The molecule has 5 heteroatoms. The number of carbonyl (C=O) groups is 1. The first-order valence-electron chi connectivity index (χ1n) is 7.33. The molecule has 0 unspecified atom stereocenters. The average molecular weight is 328 g/mol. The van der Waals surface area contributed by atoms with Crippen LogP contribution in [0.1, 0.15) is 16.7 Å². The summed E-state index contributed by atoms with van der Waals surface area (Å²) < 4.78 is 16.0. The van der Waals surface area contributed by atoms with Crippen LogP contribution in [-0.2, 0) is 18.3 Å². The summed E-state index contributed by atoms with van der Waals surface area (Å²) >= 11 is 1.52. The third-order valence-electron chi connectivity index (χ3n) is 3.73. The minimum Gasteiger partial charge on any atom is -0.319 e. The van der Waals surface area contributed by atoms with Crippen LogP contribution in [-0.4, -0.2) is 10.5 Å². The van der Waals surface area contributed by atoms with Gasteiger partial charge in [-0.2, -0.15) is 4.99 Å². The van der Waals surface area contributed by atoms with Crippen LogP contribution in [0.4, 0.5) is 4.39 Å². The fourth-order valence-corrected chi connectivity index (χ4v) is 3.68. The van der Waals surface area contributed by atoms with Gasteiger partial charge in [0.15, 0.2) is 4.80 Å². The van der Waals surface area contributed by atoms with Crippen molar-refractivity contribution in [1.29, 1.82) is 0 Å².